The first-order valence-corrected chi connectivity index (χ1v) is 5.35. The second-order valence-electron chi connectivity index (χ2n) is 3.60. The van der Waals surface area contributed by atoms with Gasteiger partial charge in [0.15, 0.2) is 0 Å². The van der Waals surface area contributed by atoms with E-state index in [0.717, 1.165) is 19.5 Å². The van der Waals surface area contributed by atoms with E-state index in [1.165, 1.54) is 25.7 Å². The van der Waals surface area contributed by atoms with Gasteiger partial charge in [-0.2, -0.15) is 0 Å². The van der Waals surface area contributed by atoms with Crippen molar-refractivity contribution < 1.29 is 4.79 Å². The molecule has 1 atom stereocenters. The van der Waals surface area contributed by atoms with E-state index in [4.69, 9.17) is 0 Å². The predicted octanol–water partition coefficient (Wildman–Crippen LogP) is 1.04. The zero-order chi connectivity index (χ0) is 9.52. The van der Waals surface area contributed by atoms with Crippen LogP contribution in [0.5, 0.6) is 0 Å². The van der Waals surface area contributed by atoms with Crippen molar-refractivity contribution in [1.29, 1.82) is 0 Å². The van der Waals surface area contributed by atoms with Crippen molar-refractivity contribution in [2.75, 3.05) is 13.1 Å². The number of rotatable bonds is 2. The topological polar surface area (TPSA) is 41.1 Å². The Labute approximate surface area is 80.3 Å². The summed E-state index contributed by atoms with van der Waals surface area (Å²) in [6.45, 7) is 3.68. The summed E-state index contributed by atoms with van der Waals surface area (Å²) < 4.78 is 0. The van der Waals surface area contributed by atoms with Gasteiger partial charge in [-0.25, -0.2) is 0 Å². The highest BCUT2D eigenvalue weighted by Crippen LogP contribution is 2.09. The van der Waals surface area contributed by atoms with Crippen molar-refractivity contribution in [2.24, 2.45) is 0 Å². The second kappa shape index (κ2) is 5.97. The molecule has 0 spiro atoms. The molecule has 0 bridgehead atoms. The van der Waals surface area contributed by atoms with Crippen LogP contribution in [0.25, 0.3) is 0 Å². The van der Waals surface area contributed by atoms with Crippen LogP contribution in [0.15, 0.2) is 0 Å². The highest BCUT2D eigenvalue weighted by Gasteiger charge is 2.17. The average Bonchev–Trinajstić information content (AvgIpc) is 2.03. The summed E-state index contributed by atoms with van der Waals surface area (Å²) in [6.07, 6.45) is 5.95. The van der Waals surface area contributed by atoms with Crippen LogP contribution >= 0.6 is 0 Å². The molecule has 3 nitrogen and oxygen atoms in total. The van der Waals surface area contributed by atoms with Crippen LogP contribution in [0, 0.1) is 0 Å². The van der Waals surface area contributed by atoms with E-state index < -0.39 is 0 Å². The van der Waals surface area contributed by atoms with Crippen molar-refractivity contribution >= 4 is 5.91 Å². The zero-order valence-corrected chi connectivity index (χ0v) is 8.44. The maximum absolute atomic E-state index is 11.5. The molecule has 1 unspecified atom stereocenters. The van der Waals surface area contributed by atoms with Gasteiger partial charge >= 0.3 is 0 Å². The monoisotopic (exact) mass is 184 g/mol. The van der Waals surface area contributed by atoms with Crippen LogP contribution in [0.1, 0.15) is 39.0 Å². The van der Waals surface area contributed by atoms with E-state index in [0.29, 0.717) is 0 Å². The lowest BCUT2D eigenvalue weighted by Gasteiger charge is -2.20. The third kappa shape index (κ3) is 3.77. The molecule has 1 rings (SSSR count). The van der Waals surface area contributed by atoms with Gasteiger partial charge in [0.25, 0.3) is 0 Å². The Balaban J connectivity index is 2.32. The average molecular weight is 184 g/mol. The van der Waals surface area contributed by atoms with Crippen molar-refractivity contribution in [2.45, 2.75) is 45.1 Å². The van der Waals surface area contributed by atoms with Crippen molar-refractivity contribution in [1.82, 2.24) is 10.6 Å². The molecule has 3 heteroatoms. The molecule has 1 aliphatic heterocycles. The van der Waals surface area contributed by atoms with E-state index >= 15 is 0 Å². The lowest BCUT2D eigenvalue weighted by molar-refractivity contribution is -0.123. The molecule has 13 heavy (non-hydrogen) atoms. The highest BCUT2D eigenvalue weighted by molar-refractivity contribution is 5.81. The van der Waals surface area contributed by atoms with E-state index in [1.54, 1.807) is 0 Å². The van der Waals surface area contributed by atoms with Crippen LogP contribution in [0.3, 0.4) is 0 Å². The molecule has 1 aliphatic rings. The molecule has 0 aromatic carbocycles. The minimum atomic E-state index is 0.0558. The first-order valence-electron chi connectivity index (χ1n) is 5.35. The van der Waals surface area contributed by atoms with Gasteiger partial charge in [-0.05, 0) is 26.3 Å². The van der Waals surface area contributed by atoms with Gasteiger partial charge in [0.1, 0.15) is 0 Å². The summed E-state index contributed by atoms with van der Waals surface area (Å²) in [4.78, 5) is 11.5. The van der Waals surface area contributed by atoms with Gasteiger partial charge in [0.05, 0.1) is 6.04 Å². The van der Waals surface area contributed by atoms with Crippen LogP contribution in [0.2, 0.25) is 0 Å². The van der Waals surface area contributed by atoms with Crippen LogP contribution in [-0.4, -0.2) is 25.0 Å². The highest BCUT2D eigenvalue weighted by atomic mass is 16.2. The van der Waals surface area contributed by atoms with Gasteiger partial charge in [0, 0.05) is 6.54 Å². The number of hydrogen-bond donors (Lipinski definition) is 2. The number of nitrogens with one attached hydrogen (secondary N) is 2. The number of carbonyl (C=O) groups is 1. The fraction of sp³-hybridized carbons (Fsp3) is 0.900. The van der Waals surface area contributed by atoms with E-state index in [1.807, 2.05) is 6.92 Å². The molecule has 0 aromatic heterocycles. The smallest absolute Gasteiger partial charge is 0.237 e. The Morgan fingerprint density at radius 1 is 1.38 bits per heavy atom. The van der Waals surface area contributed by atoms with Gasteiger partial charge in [-0.3, -0.25) is 4.79 Å². The molecule has 1 saturated heterocycles. The Bertz CT molecular complexity index is 151. The molecule has 1 amide bonds. The lowest BCUT2D eigenvalue weighted by atomic mass is 10.0. The third-order valence-corrected chi connectivity index (χ3v) is 2.48. The number of likely N-dealkylation sites (N-methyl/N-ethyl adjacent to an activating group) is 1. The Morgan fingerprint density at radius 3 is 2.92 bits per heavy atom. The largest absolute Gasteiger partial charge is 0.355 e. The number of hydrogen-bond acceptors (Lipinski definition) is 2. The van der Waals surface area contributed by atoms with E-state index in [-0.39, 0.29) is 11.9 Å². The standard InChI is InChI=1S/C10H20N2O/c1-2-11-10(13)9-7-5-3-4-6-8-12-9/h9,12H,2-8H2,1H3,(H,11,13). The molecule has 0 radical (unpaired) electrons. The first-order chi connectivity index (χ1) is 6.34. The van der Waals surface area contributed by atoms with Gasteiger partial charge in [0.2, 0.25) is 5.91 Å². The minimum absolute atomic E-state index is 0.0558. The fourth-order valence-electron chi connectivity index (χ4n) is 1.73. The van der Waals surface area contributed by atoms with E-state index in [9.17, 15) is 4.79 Å². The maximum atomic E-state index is 11.5. The Morgan fingerprint density at radius 2 is 2.15 bits per heavy atom. The number of amides is 1. The van der Waals surface area contributed by atoms with Crippen molar-refractivity contribution in [3.8, 4) is 0 Å². The summed E-state index contributed by atoms with van der Waals surface area (Å²) in [5, 5.41) is 6.16. The molecule has 2 N–H and O–H groups in total. The normalized spacial score (nSPS) is 24.5. The van der Waals surface area contributed by atoms with Gasteiger partial charge in [-0.1, -0.05) is 19.3 Å². The molecule has 1 heterocycles. The third-order valence-electron chi connectivity index (χ3n) is 2.48. The molecule has 0 aliphatic carbocycles. The minimum Gasteiger partial charge on any atom is -0.355 e. The summed E-state index contributed by atoms with van der Waals surface area (Å²) in [5.74, 6) is 0.171. The van der Waals surface area contributed by atoms with Crippen LogP contribution < -0.4 is 10.6 Å². The van der Waals surface area contributed by atoms with Crippen molar-refractivity contribution in [3.63, 3.8) is 0 Å². The SMILES string of the molecule is CCNC(=O)C1CCCCCCN1. The molecule has 0 aromatic rings. The first kappa shape index (κ1) is 10.5. The second-order valence-corrected chi connectivity index (χ2v) is 3.60. The summed E-state index contributed by atoms with van der Waals surface area (Å²) in [7, 11) is 0. The lowest BCUT2D eigenvalue weighted by Crippen LogP contribution is -2.44. The van der Waals surface area contributed by atoms with Crippen LogP contribution in [0.4, 0.5) is 0 Å². The molecule has 76 valence electrons. The maximum Gasteiger partial charge on any atom is 0.237 e. The van der Waals surface area contributed by atoms with E-state index in [2.05, 4.69) is 10.6 Å². The molecule has 1 fully saturated rings. The molecular formula is C10H20N2O. The Hall–Kier alpha value is -0.570. The Kier molecular flexibility index (Phi) is 4.83. The number of carbonyl (C=O) groups excluding carboxylic acids is 1. The fourth-order valence-corrected chi connectivity index (χ4v) is 1.73. The van der Waals surface area contributed by atoms with Gasteiger partial charge < -0.3 is 10.6 Å². The summed E-state index contributed by atoms with van der Waals surface area (Å²) >= 11 is 0. The quantitative estimate of drug-likeness (QED) is 0.673. The summed E-state index contributed by atoms with van der Waals surface area (Å²) in [5.41, 5.74) is 0. The molecular weight excluding hydrogens is 164 g/mol. The van der Waals surface area contributed by atoms with Crippen molar-refractivity contribution in [3.05, 3.63) is 0 Å². The summed E-state index contributed by atoms with van der Waals surface area (Å²) in [6, 6.07) is 0.0558. The zero-order valence-electron chi connectivity index (χ0n) is 8.44. The van der Waals surface area contributed by atoms with Gasteiger partial charge in [-0.15, -0.1) is 0 Å². The van der Waals surface area contributed by atoms with Crippen LogP contribution in [-0.2, 0) is 4.79 Å². The molecule has 0 saturated carbocycles. The predicted molar refractivity (Wildman–Crippen MR) is 53.6 cm³/mol.